The second-order valence-corrected chi connectivity index (χ2v) is 6.82. The number of aliphatic carboxylic acids is 1. The molecule has 1 aromatic carbocycles. The van der Waals surface area contributed by atoms with Gasteiger partial charge < -0.3 is 5.11 Å². The Morgan fingerprint density at radius 2 is 1.95 bits per heavy atom. The molecule has 0 unspecified atom stereocenters. The number of carbonyl (C=O) groups is 1. The van der Waals surface area contributed by atoms with Crippen molar-refractivity contribution < 1.29 is 18.3 Å². The molecule has 1 aromatic rings. The highest BCUT2D eigenvalue weighted by atomic mass is 32.2. The Morgan fingerprint density at radius 3 is 2.45 bits per heavy atom. The maximum Gasteiger partial charge on any atom is 0.307 e. The van der Waals surface area contributed by atoms with Crippen molar-refractivity contribution in [2.75, 3.05) is 13.1 Å². The van der Waals surface area contributed by atoms with Crippen molar-refractivity contribution in [3.63, 3.8) is 0 Å². The van der Waals surface area contributed by atoms with E-state index in [4.69, 9.17) is 5.11 Å². The van der Waals surface area contributed by atoms with E-state index < -0.39 is 16.0 Å². The quantitative estimate of drug-likeness (QED) is 0.857. The van der Waals surface area contributed by atoms with Crippen molar-refractivity contribution >= 4 is 16.0 Å². The monoisotopic (exact) mass is 295 g/mol. The molecule has 20 heavy (non-hydrogen) atoms. The van der Waals surface area contributed by atoms with Gasteiger partial charge in [0, 0.05) is 13.1 Å². The first-order valence-corrected chi connectivity index (χ1v) is 7.80. The average Bonchev–Trinajstić information content (AvgIpc) is 2.39. The number of sulfonamides is 1. The number of carboxylic acids is 1. The molecule has 1 aliphatic heterocycles. The van der Waals surface area contributed by atoms with Crippen molar-refractivity contribution in [2.45, 2.75) is 24.7 Å². The summed E-state index contributed by atoms with van der Waals surface area (Å²) in [6.45, 7) is 2.87. The zero-order valence-corrected chi connectivity index (χ0v) is 12.1. The van der Waals surface area contributed by atoms with E-state index in [1.54, 1.807) is 12.1 Å². The van der Waals surface area contributed by atoms with Crippen LogP contribution in [0, 0.1) is 0 Å². The Morgan fingerprint density at radius 1 is 1.30 bits per heavy atom. The fraction of sp³-hybridized carbons (Fsp3) is 0.357. The summed E-state index contributed by atoms with van der Waals surface area (Å²) < 4.78 is 26.3. The number of benzene rings is 1. The van der Waals surface area contributed by atoms with Gasteiger partial charge in [0.15, 0.2) is 0 Å². The van der Waals surface area contributed by atoms with Crippen LogP contribution in [0.25, 0.3) is 0 Å². The molecule has 5 nitrogen and oxygen atoms in total. The lowest BCUT2D eigenvalue weighted by atomic mass is 10.1. The van der Waals surface area contributed by atoms with Gasteiger partial charge in [0.1, 0.15) is 0 Å². The molecule has 0 saturated carbocycles. The lowest BCUT2D eigenvalue weighted by Gasteiger charge is -2.24. The lowest BCUT2D eigenvalue weighted by molar-refractivity contribution is -0.136. The highest BCUT2D eigenvalue weighted by Crippen LogP contribution is 2.20. The van der Waals surface area contributed by atoms with Gasteiger partial charge in [-0.05, 0) is 31.0 Å². The first kappa shape index (κ1) is 14.7. The van der Waals surface area contributed by atoms with Crippen molar-refractivity contribution in [3.05, 3.63) is 41.5 Å². The molecule has 0 amide bonds. The minimum absolute atomic E-state index is 0.105. The van der Waals surface area contributed by atoms with Crippen molar-refractivity contribution in [1.29, 1.82) is 0 Å². The minimum Gasteiger partial charge on any atom is -0.481 e. The van der Waals surface area contributed by atoms with Gasteiger partial charge in [-0.3, -0.25) is 4.79 Å². The number of carboxylic acid groups (broad SMARTS) is 1. The van der Waals surface area contributed by atoms with E-state index in [1.165, 1.54) is 22.0 Å². The van der Waals surface area contributed by atoms with E-state index >= 15 is 0 Å². The van der Waals surface area contributed by atoms with Crippen molar-refractivity contribution in [1.82, 2.24) is 4.31 Å². The van der Waals surface area contributed by atoms with Gasteiger partial charge in [0.25, 0.3) is 0 Å². The van der Waals surface area contributed by atoms with E-state index in [2.05, 4.69) is 0 Å². The third-order valence-electron chi connectivity index (χ3n) is 3.32. The van der Waals surface area contributed by atoms with E-state index in [-0.39, 0.29) is 11.3 Å². The van der Waals surface area contributed by atoms with Crippen LogP contribution in [0.2, 0.25) is 0 Å². The number of rotatable bonds is 4. The second-order valence-electron chi connectivity index (χ2n) is 4.88. The molecule has 1 aliphatic rings. The summed E-state index contributed by atoms with van der Waals surface area (Å²) in [7, 11) is -3.49. The predicted molar refractivity (Wildman–Crippen MR) is 74.9 cm³/mol. The molecular formula is C14H17NO4S. The highest BCUT2D eigenvalue weighted by molar-refractivity contribution is 7.89. The van der Waals surface area contributed by atoms with Crippen LogP contribution in [0.1, 0.15) is 18.9 Å². The van der Waals surface area contributed by atoms with E-state index in [9.17, 15) is 13.2 Å². The topological polar surface area (TPSA) is 74.7 Å². The maximum absolute atomic E-state index is 12.4. The maximum atomic E-state index is 12.4. The van der Waals surface area contributed by atoms with Crippen LogP contribution >= 0.6 is 0 Å². The molecule has 0 spiro atoms. The smallest absolute Gasteiger partial charge is 0.307 e. The number of nitrogens with zero attached hydrogens (tertiary/aromatic N) is 1. The Bertz CT molecular complexity index is 632. The summed E-state index contributed by atoms with van der Waals surface area (Å²) >= 11 is 0. The molecule has 0 aliphatic carbocycles. The second kappa shape index (κ2) is 5.76. The van der Waals surface area contributed by atoms with Gasteiger partial charge in [-0.15, -0.1) is 0 Å². The van der Waals surface area contributed by atoms with Gasteiger partial charge in [-0.1, -0.05) is 23.8 Å². The van der Waals surface area contributed by atoms with E-state index in [0.29, 0.717) is 18.7 Å². The zero-order valence-electron chi connectivity index (χ0n) is 11.2. The van der Waals surface area contributed by atoms with Crippen LogP contribution in [0.3, 0.4) is 0 Å². The molecule has 1 N–H and O–H groups in total. The van der Waals surface area contributed by atoms with Crippen LogP contribution < -0.4 is 0 Å². The van der Waals surface area contributed by atoms with Crippen molar-refractivity contribution in [3.8, 4) is 0 Å². The molecule has 2 rings (SSSR count). The SMILES string of the molecule is CC1=CCN(S(=O)(=O)c2ccc(CC(=O)O)cc2)CC1. The fourth-order valence-corrected chi connectivity index (χ4v) is 3.45. The predicted octanol–water partition coefficient (Wildman–Crippen LogP) is 1.65. The van der Waals surface area contributed by atoms with Crippen LogP contribution in [0.15, 0.2) is 40.8 Å². The summed E-state index contributed by atoms with van der Waals surface area (Å²) in [5.41, 5.74) is 1.79. The van der Waals surface area contributed by atoms with Gasteiger partial charge >= 0.3 is 5.97 Å². The third kappa shape index (κ3) is 3.26. The molecule has 0 radical (unpaired) electrons. The van der Waals surface area contributed by atoms with Gasteiger partial charge in [-0.25, -0.2) is 8.42 Å². The highest BCUT2D eigenvalue weighted by Gasteiger charge is 2.25. The first-order valence-electron chi connectivity index (χ1n) is 6.36. The largest absolute Gasteiger partial charge is 0.481 e. The lowest BCUT2D eigenvalue weighted by Crippen LogP contribution is -2.34. The molecule has 1 heterocycles. The Kier molecular flexibility index (Phi) is 4.25. The van der Waals surface area contributed by atoms with Crippen LogP contribution in [-0.2, 0) is 21.2 Å². The Labute approximate surface area is 118 Å². The summed E-state index contributed by atoms with van der Waals surface area (Å²) in [6.07, 6.45) is 2.56. The van der Waals surface area contributed by atoms with Gasteiger partial charge in [0.2, 0.25) is 10.0 Å². The summed E-state index contributed by atoms with van der Waals surface area (Å²) in [6, 6.07) is 6.04. The molecule has 0 bridgehead atoms. The van der Waals surface area contributed by atoms with Gasteiger partial charge in [0.05, 0.1) is 11.3 Å². The molecule has 0 saturated heterocycles. The number of hydrogen-bond acceptors (Lipinski definition) is 3. The standard InChI is InChI=1S/C14H17NO4S/c1-11-6-8-15(9-7-11)20(18,19)13-4-2-12(3-5-13)10-14(16)17/h2-6H,7-10H2,1H3,(H,16,17). The van der Waals surface area contributed by atoms with E-state index in [0.717, 1.165) is 6.42 Å². The number of hydrogen-bond donors (Lipinski definition) is 1. The van der Waals surface area contributed by atoms with E-state index in [1.807, 2.05) is 13.0 Å². The van der Waals surface area contributed by atoms with Crippen LogP contribution in [-0.4, -0.2) is 36.9 Å². The average molecular weight is 295 g/mol. The first-order chi connectivity index (χ1) is 9.39. The molecule has 108 valence electrons. The minimum atomic E-state index is -3.49. The molecule has 6 heteroatoms. The Balaban J connectivity index is 2.20. The molecule has 0 fully saturated rings. The molecule has 0 aromatic heterocycles. The third-order valence-corrected chi connectivity index (χ3v) is 5.19. The summed E-state index contributed by atoms with van der Waals surface area (Å²) in [4.78, 5) is 10.8. The van der Waals surface area contributed by atoms with Crippen LogP contribution in [0.5, 0.6) is 0 Å². The van der Waals surface area contributed by atoms with Crippen LogP contribution in [0.4, 0.5) is 0 Å². The summed E-state index contributed by atoms with van der Waals surface area (Å²) in [5, 5.41) is 8.69. The summed E-state index contributed by atoms with van der Waals surface area (Å²) in [5.74, 6) is -0.933. The molecular weight excluding hydrogens is 278 g/mol. The Hall–Kier alpha value is -1.66. The normalized spacial score (nSPS) is 16.8. The van der Waals surface area contributed by atoms with Gasteiger partial charge in [-0.2, -0.15) is 4.31 Å². The molecule has 0 atom stereocenters. The zero-order chi connectivity index (χ0) is 14.8. The fourth-order valence-electron chi connectivity index (χ4n) is 2.07. The van der Waals surface area contributed by atoms with Crippen molar-refractivity contribution in [2.24, 2.45) is 0 Å².